The quantitative estimate of drug-likeness (QED) is 0.167. The molecule has 1 nitrogen and oxygen atoms in total. The molecule has 0 spiro atoms. The zero-order chi connectivity index (χ0) is 32.6. The molecule has 0 aliphatic rings. The van der Waals surface area contributed by atoms with Crippen molar-refractivity contribution in [2.45, 2.75) is 0 Å². The van der Waals surface area contributed by atoms with Gasteiger partial charge in [-0.25, -0.2) is 0 Å². The van der Waals surface area contributed by atoms with Crippen molar-refractivity contribution in [3.63, 3.8) is 0 Å². The number of rotatable bonds is 6. The van der Waals surface area contributed by atoms with Crippen LogP contribution in [-0.2, 0) is 0 Å². The summed E-state index contributed by atoms with van der Waals surface area (Å²) in [6, 6.07) is 72.3. The largest absolute Gasteiger partial charge is 0.311 e. The van der Waals surface area contributed by atoms with Crippen LogP contribution in [0, 0.1) is 0 Å². The molecule has 0 amide bonds. The van der Waals surface area contributed by atoms with Gasteiger partial charge in [0.2, 0.25) is 0 Å². The van der Waals surface area contributed by atoms with Crippen LogP contribution in [0.15, 0.2) is 200 Å². The molecule has 9 aromatic rings. The molecule has 0 atom stereocenters. The summed E-state index contributed by atoms with van der Waals surface area (Å²) >= 11 is 0. The Morgan fingerprint density at radius 3 is 1.43 bits per heavy atom. The Bertz CT molecular complexity index is 2570. The highest BCUT2D eigenvalue weighted by molar-refractivity contribution is 6.20. The molecule has 0 radical (unpaired) electrons. The van der Waals surface area contributed by atoms with Gasteiger partial charge in [0.15, 0.2) is 0 Å². The van der Waals surface area contributed by atoms with Gasteiger partial charge in [-0.15, -0.1) is 0 Å². The summed E-state index contributed by atoms with van der Waals surface area (Å²) in [6.07, 6.45) is 0. The molecule has 0 saturated heterocycles. The molecule has 0 unspecified atom stereocenters. The number of hydrogen-bond donors (Lipinski definition) is 0. The highest BCUT2D eigenvalue weighted by Crippen LogP contribution is 2.39. The number of para-hydroxylation sites is 1. The second kappa shape index (κ2) is 12.3. The highest BCUT2D eigenvalue weighted by Gasteiger charge is 2.14. The number of benzene rings is 9. The van der Waals surface area contributed by atoms with Gasteiger partial charge in [-0.2, -0.15) is 0 Å². The monoisotopic (exact) mass is 623 g/mol. The third-order valence-corrected chi connectivity index (χ3v) is 9.65. The molecule has 9 rings (SSSR count). The average Bonchev–Trinajstić information content (AvgIpc) is 3.19. The normalized spacial score (nSPS) is 11.3. The lowest BCUT2D eigenvalue weighted by atomic mass is 9.94. The van der Waals surface area contributed by atoms with E-state index in [9.17, 15) is 0 Å². The van der Waals surface area contributed by atoms with Crippen LogP contribution in [0.25, 0.3) is 65.7 Å². The molecule has 49 heavy (non-hydrogen) atoms. The lowest BCUT2D eigenvalue weighted by molar-refractivity contribution is 1.28. The molecular formula is C48H33N. The maximum atomic E-state index is 2.33. The molecule has 0 heterocycles. The Morgan fingerprint density at radius 1 is 0.265 bits per heavy atom. The summed E-state index contributed by atoms with van der Waals surface area (Å²) in [5, 5.41) is 7.72. The zero-order valence-corrected chi connectivity index (χ0v) is 27.0. The van der Waals surface area contributed by atoms with E-state index in [0.717, 1.165) is 17.1 Å². The maximum absolute atomic E-state index is 2.33. The number of fused-ring (bicyclic) bond motifs is 5. The van der Waals surface area contributed by atoms with Crippen molar-refractivity contribution in [3.8, 4) is 33.4 Å². The first-order chi connectivity index (χ1) is 24.3. The van der Waals surface area contributed by atoms with Gasteiger partial charge in [0, 0.05) is 17.1 Å². The summed E-state index contributed by atoms with van der Waals surface area (Å²) in [7, 11) is 0. The number of anilines is 3. The van der Waals surface area contributed by atoms with E-state index in [1.54, 1.807) is 0 Å². The van der Waals surface area contributed by atoms with Gasteiger partial charge in [0.05, 0.1) is 0 Å². The highest BCUT2D eigenvalue weighted by atomic mass is 15.1. The van der Waals surface area contributed by atoms with Crippen molar-refractivity contribution in [1.29, 1.82) is 0 Å². The second-order valence-electron chi connectivity index (χ2n) is 12.6. The molecule has 9 aromatic carbocycles. The minimum Gasteiger partial charge on any atom is -0.311 e. The van der Waals surface area contributed by atoms with Crippen molar-refractivity contribution in [1.82, 2.24) is 0 Å². The fourth-order valence-corrected chi connectivity index (χ4v) is 7.24. The Morgan fingerprint density at radius 2 is 0.735 bits per heavy atom. The van der Waals surface area contributed by atoms with Crippen LogP contribution in [0.1, 0.15) is 0 Å². The van der Waals surface area contributed by atoms with Gasteiger partial charge in [0.25, 0.3) is 0 Å². The van der Waals surface area contributed by atoms with Crippen molar-refractivity contribution in [2.24, 2.45) is 0 Å². The van der Waals surface area contributed by atoms with Crippen LogP contribution >= 0.6 is 0 Å². The Labute approximate surface area is 287 Å². The predicted octanol–water partition coefficient (Wildman–Crippen LogP) is 13.6. The Balaban J connectivity index is 1.07. The van der Waals surface area contributed by atoms with Crippen LogP contribution in [0.4, 0.5) is 17.1 Å². The molecule has 0 fully saturated rings. The number of nitrogens with zero attached hydrogens (tertiary/aromatic N) is 1. The van der Waals surface area contributed by atoms with E-state index in [2.05, 4.69) is 205 Å². The lowest BCUT2D eigenvalue weighted by Gasteiger charge is -2.26. The first-order valence-electron chi connectivity index (χ1n) is 16.8. The van der Waals surface area contributed by atoms with Crippen molar-refractivity contribution >= 4 is 49.4 Å². The molecule has 1 heteroatoms. The van der Waals surface area contributed by atoms with Crippen molar-refractivity contribution in [2.75, 3.05) is 4.90 Å². The van der Waals surface area contributed by atoms with Crippen molar-refractivity contribution < 1.29 is 0 Å². The molecule has 0 aliphatic carbocycles. The van der Waals surface area contributed by atoms with E-state index >= 15 is 0 Å². The summed E-state index contributed by atoms with van der Waals surface area (Å²) < 4.78 is 0. The van der Waals surface area contributed by atoms with E-state index < -0.39 is 0 Å². The van der Waals surface area contributed by atoms with E-state index in [1.165, 1.54) is 65.7 Å². The molecule has 0 aromatic heterocycles. The van der Waals surface area contributed by atoms with Crippen molar-refractivity contribution in [3.05, 3.63) is 200 Å². The standard InChI is InChI=1S/C48H33N/c1-3-11-35(12-4-1)44-16-9-10-17-45(44)37-25-30-43(31-26-37)49(41-14-5-2-6-15-41)42-28-23-34(24-29-42)39-27-32-47-40(33-39)22-21-38-20-19-36-13-7-8-18-46(36)48(38)47/h1-33H. The van der Waals surface area contributed by atoms with E-state index in [0.29, 0.717) is 0 Å². The first-order valence-corrected chi connectivity index (χ1v) is 16.8. The lowest BCUT2D eigenvalue weighted by Crippen LogP contribution is -2.09. The van der Waals surface area contributed by atoms with Crippen LogP contribution in [0.5, 0.6) is 0 Å². The molecule has 230 valence electrons. The van der Waals surface area contributed by atoms with E-state index in [1.807, 2.05) is 0 Å². The topological polar surface area (TPSA) is 3.24 Å². The summed E-state index contributed by atoms with van der Waals surface area (Å²) in [4.78, 5) is 2.33. The van der Waals surface area contributed by atoms with E-state index in [-0.39, 0.29) is 0 Å². The third kappa shape index (κ3) is 5.32. The summed E-state index contributed by atoms with van der Waals surface area (Å²) in [6.45, 7) is 0. The minimum atomic E-state index is 1.12. The summed E-state index contributed by atoms with van der Waals surface area (Å²) in [5.74, 6) is 0. The molecule has 0 aliphatic heterocycles. The molecule has 0 N–H and O–H groups in total. The fraction of sp³-hybridized carbons (Fsp3) is 0. The molecule has 0 saturated carbocycles. The van der Waals surface area contributed by atoms with Crippen LogP contribution in [-0.4, -0.2) is 0 Å². The Hall–Kier alpha value is -6.44. The maximum Gasteiger partial charge on any atom is 0.0462 e. The minimum absolute atomic E-state index is 1.12. The smallest absolute Gasteiger partial charge is 0.0462 e. The predicted molar refractivity (Wildman–Crippen MR) is 210 cm³/mol. The second-order valence-corrected chi connectivity index (χ2v) is 12.6. The van der Waals surface area contributed by atoms with Crippen LogP contribution in [0.3, 0.4) is 0 Å². The van der Waals surface area contributed by atoms with Gasteiger partial charge in [0.1, 0.15) is 0 Å². The molecular weight excluding hydrogens is 591 g/mol. The van der Waals surface area contributed by atoms with Gasteiger partial charge in [-0.3, -0.25) is 0 Å². The van der Waals surface area contributed by atoms with Gasteiger partial charge >= 0.3 is 0 Å². The summed E-state index contributed by atoms with van der Waals surface area (Å²) in [5.41, 5.74) is 10.7. The average molecular weight is 624 g/mol. The van der Waals surface area contributed by atoms with Crippen LogP contribution < -0.4 is 4.90 Å². The third-order valence-electron chi connectivity index (χ3n) is 9.65. The SMILES string of the molecule is c1ccc(-c2ccccc2-c2ccc(N(c3ccccc3)c3ccc(-c4ccc5c(ccc6ccc7ccccc7c65)c4)cc3)cc2)cc1. The molecule has 0 bridgehead atoms. The van der Waals surface area contributed by atoms with E-state index in [4.69, 9.17) is 0 Å². The number of hydrogen-bond acceptors (Lipinski definition) is 1. The van der Waals surface area contributed by atoms with Gasteiger partial charge < -0.3 is 4.90 Å². The van der Waals surface area contributed by atoms with Crippen LogP contribution in [0.2, 0.25) is 0 Å². The first kappa shape index (κ1) is 28.8. The van der Waals surface area contributed by atoms with Gasteiger partial charge in [-0.1, -0.05) is 158 Å². The van der Waals surface area contributed by atoms with Gasteiger partial charge in [-0.05, 0) is 108 Å². The zero-order valence-electron chi connectivity index (χ0n) is 27.0. The fourth-order valence-electron chi connectivity index (χ4n) is 7.24. The Kier molecular flexibility index (Phi) is 7.22.